The van der Waals surface area contributed by atoms with Gasteiger partial charge in [-0.2, -0.15) is 5.10 Å². The van der Waals surface area contributed by atoms with Gasteiger partial charge in [0, 0.05) is 37.4 Å². The van der Waals surface area contributed by atoms with Gasteiger partial charge >= 0.3 is 0 Å². The molecule has 3 rings (SSSR count). The molecule has 1 aliphatic rings. The van der Waals surface area contributed by atoms with Gasteiger partial charge in [-0.05, 0) is 6.42 Å². The summed E-state index contributed by atoms with van der Waals surface area (Å²) in [5.74, 6) is 7.09. The lowest BCUT2D eigenvalue weighted by molar-refractivity contribution is 0.193. The van der Waals surface area contributed by atoms with Crippen LogP contribution < -0.4 is 11.3 Å². The normalized spacial score (nSPS) is 18.7. The van der Waals surface area contributed by atoms with Crippen LogP contribution in [0.2, 0.25) is 0 Å². The monoisotopic (exact) mass is 260 g/mol. The maximum absolute atomic E-state index is 5.48. The minimum absolute atomic E-state index is 0.240. The van der Waals surface area contributed by atoms with Gasteiger partial charge in [-0.25, -0.2) is 15.8 Å². The van der Waals surface area contributed by atoms with E-state index in [-0.39, 0.29) is 5.92 Å². The maximum Gasteiger partial charge on any atom is 0.144 e. The van der Waals surface area contributed by atoms with Gasteiger partial charge in [0.2, 0.25) is 0 Å². The second-order valence-corrected chi connectivity index (χ2v) is 4.60. The average Bonchev–Trinajstić information content (AvgIpc) is 3.09. The number of rotatable bonds is 3. The summed E-state index contributed by atoms with van der Waals surface area (Å²) in [6, 6.07) is 1.82. The highest BCUT2D eigenvalue weighted by atomic mass is 16.5. The number of hydrogen-bond donors (Lipinski definition) is 2. The first-order chi connectivity index (χ1) is 9.26. The second-order valence-electron chi connectivity index (χ2n) is 4.60. The molecule has 19 heavy (non-hydrogen) atoms. The van der Waals surface area contributed by atoms with Gasteiger partial charge in [-0.3, -0.25) is 4.68 Å². The fourth-order valence-corrected chi connectivity index (χ4v) is 2.16. The van der Waals surface area contributed by atoms with Crippen molar-refractivity contribution in [3.8, 4) is 11.3 Å². The zero-order chi connectivity index (χ0) is 13.2. The van der Waals surface area contributed by atoms with Crippen LogP contribution in [-0.4, -0.2) is 33.0 Å². The van der Waals surface area contributed by atoms with Gasteiger partial charge in [0.1, 0.15) is 11.6 Å². The molecule has 2 aromatic heterocycles. The minimum Gasteiger partial charge on any atom is -0.381 e. The first-order valence-electron chi connectivity index (χ1n) is 6.18. The molecule has 0 saturated carbocycles. The van der Waals surface area contributed by atoms with Crippen molar-refractivity contribution in [2.24, 2.45) is 12.9 Å². The van der Waals surface area contributed by atoms with Crippen LogP contribution in [0, 0.1) is 0 Å². The average molecular weight is 260 g/mol. The van der Waals surface area contributed by atoms with E-state index < -0.39 is 0 Å². The largest absolute Gasteiger partial charge is 0.381 e. The molecule has 1 unspecified atom stereocenters. The molecule has 100 valence electrons. The van der Waals surface area contributed by atoms with Gasteiger partial charge in [-0.15, -0.1) is 0 Å². The third-order valence-corrected chi connectivity index (χ3v) is 3.19. The van der Waals surface area contributed by atoms with Crippen molar-refractivity contribution in [2.75, 3.05) is 18.6 Å². The Morgan fingerprint density at radius 2 is 2.37 bits per heavy atom. The number of aromatic nitrogens is 4. The van der Waals surface area contributed by atoms with E-state index in [9.17, 15) is 0 Å². The zero-order valence-electron chi connectivity index (χ0n) is 10.7. The number of nitrogen functional groups attached to an aromatic ring is 1. The van der Waals surface area contributed by atoms with Gasteiger partial charge in [0.05, 0.1) is 18.5 Å². The van der Waals surface area contributed by atoms with Crippen LogP contribution in [0.1, 0.15) is 18.2 Å². The van der Waals surface area contributed by atoms with Crippen LogP contribution in [0.3, 0.4) is 0 Å². The number of nitrogens with one attached hydrogen (secondary N) is 1. The molecule has 1 fully saturated rings. The van der Waals surface area contributed by atoms with Crippen molar-refractivity contribution >= 4 is 5.82 Å². The molecular weight excluding hydrogens is 244 g/mol. The molecule has 1 atom stereocenters. The molecule has 0 aromatic carbocycles. The highest BCUT2D eigenvalue weighted by molar-refractivity contribution is 5.60. The summed E-state index contributed by atoms with van der Waals surface area (Å²) < 4.78 is 7.13. The van der Waals surface area contributed by atoms with Crippen LogP contribution in [0.5, 0.6) is 0 Å². The van der Waals surface area contributed by atoms with E-state index in [1.54, 1.807) is 10.9 Å². The fraction of sp³-hybridized carbons (Fsp3) is 0.417. The predicted octanol–water partition coefficient (Wildman–Crippen LogP) is 0.667. The number of anilines is 1. The van der Waals surface area contributed by atoms with Crippen LogP contribution >= 0.6 is 0 Å². The Balaban J connectivity index is 2.01. The number of nitrogens with zero attached hydrogens (tertiary/aromatic N) is 4. The second kappa shape index (κ2) is 4.94. The Bertz CT molecular complexity index is 575. The lowest BCUT2D eigenvalue weighted by Gasteiger charge is -2.10. The van der Waals surface area contributed by atoms with E-state index in [1.807, 2.05) is 19.3 Å². The topological polar surface area (TPSA) is 90.9 Å². The van der Waals surface area contributed by atoms with Crippen molar-refractivity contribution in [1.29, 1.82) is 0 Å². The Hall–Kier alpha value is -1.99. The van der Waals surface area contributed by atoms with Gasteiger partial charge in [0.15, 0.2) is 0 Å². The summed E-state index contributed by atoms with van der Waals surface area (Å²) >= 11 is 0. The summed E-state index contributed by atoms with van der Waals surface area (Å²) in [7, 11) is 1.87. The van der Waals surface area contributed by atoms with E-state index in [1.165, 1.54) is 0 Å². The van der Waals surface area contributed by atoms with Crippen LogP contribution in [0.15, 0.2) is 18.5 Å². The van der Waals surface area contributed by atoms with Gasteiger partial charge in [0.25, 0.3) is 0 Å². The first kappa shape index (κ1) is 12.1. The highest BCUT2D eigenvalue weighted by Gasteiger charge is 2.22. The smallest absolute Gasteiger partial charge is 0.144 e. The standard InChI is InChI=1S/C12H16N6O/c1-18-6-9(5-14-18)10-4-11(17-13)16-12(15-10)8-2-3-19-7-8/h4-6,8H,2-3,7,13H2,1H3,(H,15,16,17). The van der Waals surface area contributed by atoms with Crippen LogP contribution in [-0.2, 0) is 11.8 Å². The number of hydrazine groups is 1. The van der Waals surface area contributed by atoms with E-state index >= 15 is 0 Å². The molecule has 0 aliphatic carbocycles. The molecule has 1 saturated heterocycles. The molecule has 0 bridgehead atoms. The molecule has 3 heterocycles. The molecule has 0 radical (unpaired) electrons. The summed E-state index contributed by atoms with van der Waals surface area (Å²) in [6.07, 6.45) is 4.63. The fourth-order valence-electron chi connectivity index (χ4n) is 2.16. The number of hydrogen-bond acceptors (Lipinski definition) is 6. The van der Waals surface area contributed by atoms with E-state index in [0.29, 0.717) is 12.4 Å². The quantitative estimate of drug-likeness (QED) is 0.622. The van der Waals surface area contributed by atoms with Gasteiger partial charge in [-0.1, -0.05) is 0 Å². The van der Waals surface area contributed by atoms with E-state index in [2.05, 4.69) is 20.5 Å². The predicted molar refractivity (Wildman–Crippen MR) is 70.2 cm³/mol. The maximum atomic E-state index is 5.48. The van der Waals surface area contributed by atoms with Crippen molar-refractivity contribution in [3.63, 3.8) is 0 Å². The Morgan fingerprint density at radius 1 is 1.47 bits per heavy atom. The zero-order valence-corrected chi connectivity index (χ0v) is 10.7. The number of ether oxygens (including phenoxy) is 1. The molecule has 7 heteroatoms. The Kier molecular flexibility index (Phi) is 3.14. The summed E-state index contributed by atoms with van der Waals surface area (Å²) in [4.78, 5) is 9.02. The molecule has 3 N–H and O–H groups in total. The third-order valence-electron chi connectivity index (χ3n) is 3.19. The number of aryl methyl sites for hydroxylation is 1. The lowest BCUT2D eigenvalue weighted by Crippen LogP contribution is -2.13. The summed E-state index contributed by atoms with van der Waals surface area (Å²) in [5, 5.41) is 4.16. The molecule has 7 nitrogen and oxygen atoms in total. The van der Waals surface area contributed by atoms with E-state index in [0.717, 1.165) is 30.1 Å². The first-order valence-corrected chi connectivity index (χ1v) is 6.18. The van der Waals surface area contributed by atoms with Crippen LogP contribution in [0.4, 0.5) is 5.82 Å². The Labute approximate surface area is 110 Å². The highest BCUT2D eigenvalue weighted by Crippen LogP contribution is 2.26. The van der Waals surface area contributed by atoms with Crippen molar-refractivity contribution in [3.05, 3.63) is 24.3 Å². The molecule has 1 aliphatic heterocycles. The van der Waals surface area contributed by atoms with Crippen LogP contribution in [0.25, 0.3) is 11.3 Å². The molecule has 2 aromatic rings. The van der Waals surface area contributed by atoms with Crippen molar-refractivity contribution in [2.45, 2.75) is 12.3 Å². The number of nitrogens with two attached hydrogens (primary N) is 1. The summed E-state index contributed by atoms with van der Waals surface area (Å²) in [6.45, 7) is 1.43. The molecule has 0 amide bonds. The third kappa shape index (κ3) is 2.42. The van der Waals surface area contributed by atoms with Gasteiger partial charge < -0.3 is 10.2 Å². The van der Waals surface area contributed by atoms with Crippen molar-refractivity contribution < 1.29 is 4.74 Å². The van der Waals surface area contributed by atoms with E-state index in [4.69, 9.17) is 10.6 Å². The Morgan fingerprint density at radius 3 is 3.00 bits per heavy atom. The van der Waals surface area contributed by atoms with Crippen molar-refractivity contribution in [1.82, 2.24) is 19.7 Å². The summed E-state index contributed by atoms with van der Waals surface area (Å²) in [5.41, 5.74) is 4.35. The SMILES string of the molecule is Cn1cc(-c2cc(NN)nc(C3CCOC3)n2)cn1. The molecule has 0 spiro atoms. The molecular formula is C12H16N6O. The minimum atomic E-state index is 0.240. The lowest BCUT2D eigenvalue weighted by atomic mass is 10.1.